The molecule has 0 spiro atoms. The van der Waals surface area contributed by atoms with Gasteiger partial charge in [0.25, 0.3) is 5.91 Å². The second kappa shape index (κ2) is 8.32. The van der Waals surface area contributed by atoms with E-state index >= 15 is 0 Å². The molecular weight excluding hydrogens is 432 g/mol. The van der Waals surface area contributed by atoms with Gasteiger partial charge in [-0.2, -0.15) is 10.2 Å². The minimum atomic E-state index is -0.688. The van der Waals surface area contributed by atoms with Gasteiger partial charge < -0.3 is 9.15 Å². The Labute approximate surface area is 187 Å². The van der Waals surface area contributed by atoms with Gasteiger partial charge in [0.1, 0.15) is 11.8 Å². The molecule has 1 atom stereocenters. The number of furan rings is 1. The van der Waals surface area contributed by atoms with Gasteiger partial charge in [-0.15, -0.1) is 0 Å². The second-order valence-corrected chi connectivity index (χ2v) is 7.66. The average Bonchev–Trinajstić information content (AvgIpc) is 3.56. The number of nitrogens with one attached hydrogen (secondary N) is 1. The Kier molecular flexibility index (Phi) is 5.20. The molecule has 5 rings (SSSR count). The minimum absolute atomic E-state index is 0.128. The number of hydrogen-bond acceptors (Lipinski definition) is 6. The van der Waals surface area contributed by atoms with Crippen LogP contribution in [-0.4, -0.2) is 39.4 Å². The number of benzene rings is 2. The summed E-state index contributed by atoms with van der Waals surface area (Å²) in [5.41, 5.74) is 2.39. The first-order valence-corrected chi connectivity index (χ1v) is 10.3. The number of amides is 1. The Morgan fingerprint density at radius 3 is 2.72 bits per heavy atom. The molecule has 1 aliphatic rings. The van der Waals surface area contributed by atoms with Crippen molar-refractivity contribution >= 4 is 40.1 Å². The maximum absolute atomic E-state index is 13.0. The van der Waals surface area contributed by atoms with E-state index in [2.05, 4.69) is 15.3 Å². The number of nitrogens with zero attached hydrogens (tertiary/aromatic N) is 3. The molecule has 9 heteroatoms. The zero-order valence-electron chi connectivity index (χ0n) is 16.7. The van der Waals surface area contributed by atoms with Crippen LogP contribution >= 0.6 is 11.6 Å². The number of aromatic amines is 1. The lowest BCUT2D eigenvalue weighted by Gasteiger charge is -2.19. The average molecular weight is 449 g/mol. The number of carbonyl (C=O) groups excluding carboxylic acids is 2. The summed E-state index contributed by atoms with van der Waals surface area (Å²) in [6, 6.07) is 17.5. The van der Waals surface area contributed by atoms with E-state index in [4.69, 9.17) is 20.8 Å². The smallest absolute Gasteiger partial charge is 0.359 e. The predicted octanol–water partition coefficient (Wildman–Crippen LogP) is 4.34. The summed E-state index contributed by atoms with van der Waals surface area (Å²) in [5.74, 6) is -0.564. The lowest BCUT2D eigenvalue weighted by atomic mass is 10.0. The van der Waals surface area contributed by atoms with Gasteiger partial charge in [0.2, 0.25) is 0 Å². The molecule has 0 fully saturated rings. The first-order valence-electron chi connectivity index (χ1n) is 9.89. The molecule has 4 aromatic rings. The molecule has 1 N–H and O–H groups in total. The fraction of sp³-hybridized carbons (Fsp3) is 0.130. The molecule has 1 amide bonds. The van der Waals surface area contributed by atoms with E-state index < -0.39 is 24.5 Å². The summed E-state index contributed by atoms with van der Waals surface area (Å²) in [4.78, 5) is 25.5. The van der Waals surface area contributed by atoms with Gasteiger partial charge in [-0.3, -0.25) is 9.89 Å². The van der Waals surface area contributed by atoms with Gasteiger partial charge in [0.05, 0.1) is 17.5 Å². The normalized spacial score (nSPS) is 15.7. The summed E-state index contributed by atoms with van der Waals surface area (Å²) in [6.07, 6.45) is 2.00. The first kappa shape index (κ1) is 20.0. The molecule has 2 aromatic heterocycles. The highest BCUT2D eigenvalue weighted by Crippen LogP contribution is 2.33. The molecule has 8 nitrogen and oxygen atoms in total. The Hall–Kier alpha value is -3.91. The molecule has 0 saturated heterocycles. The number of carbonyl (C=O) groups is 2. The monoisotopic (exact) mass is 448 g/mol. The van der Waals surface area contributed by atoms with Gasteiger partial charge in [0.15, 0.2) is 12.3 Å². The highest BCUT2D eigenvalue weighted by molar-refractivity contribution is 6.30. The molecule has 2 aromatic carbocycles. The third kappa shape index (κ3) is 3.76. The fourth-order valence-corrected chi connectivity index (χ4v) is 3.77. The molecule has 0 bridgehead atoms. The first-order chi connectivity index (χ1) is 15.6. The van der Waals surface area contributed by atoms with Crippen molar-refractivity contribution in [2.24, 2.45) is 5.10 Å². The molecular formula is C23H17ClN4O4. The minimum Gasteiger partial charge on any atom is -0.467 e. The van der Waals surface area contributed by atoms with E-state index in [0.29, 0.717) is 33.8 Å². The molecule has 0 saturated carbocycles. The molecule has 3 heterocycles. The van der Waals surface area contributed by atoms with Crippen LogP contribution in [0.25, 0.3) is 10.9 Å². The summed E-state index contributed by atoms with van der Waals surface area (Å²) < 4.78 is 10.8. The predicted molar refractivity (Wildman–Crippen MR) is 117 cm³/mol. The van der Waals surface area contributed by atoms with Crippen LogP contribution in [0, 0.1) is 0 Å². The van der Waals surface area contributed by atoms with Crippen LogP contribution in [0.15, 0.2) is 76.4 Å². The van der Waals surface area contributed by atoms with Gasteiger partial charge in [-0.25, -0.2) is 9.80 Å². The second-order valence-electron chi connectivity index (χ2n) is 7.22. The van der Waals surface area contributed by atoms with Gasteiger partial charge in [-0.05, 0) is 35.9 Å². The van der Waals surface area contributed by atoms with Crippen LogP contribution in [-0.2, 0) is 9.53 Å². The Bertz CT molecular complexity index is 1310. The van der Waals surface area contributed by atoms with E-state index in [-0.39, 0.29) is 5.69 Å². The summed E-state index contributed by atoms with van der Waals surface area (Å²) in [6.45, 7) is -0.478. The Morgan fingerprint density at radius 1 is 1.12 bits per heavy atom. The number of esters is 1. The van der Waals surface area contributed by atoms with Crippen molar-refractivity contribution < 1.29 is 18.7 Å². The van der Waals surface area contributed by atoms with Gasteiger partial charge >= 0.3 is 5.97 Å². The largest absolute Gasteiger partial charge is 0.467 e. The van der Waals surface area contributed by atoms with Crippen molar-refractivity contribution in [3.05, 3.63) is 89.0 Å². The standard InChI is InChI=1S/C23H17ClN4O4/c24-15-9-7-14(8-10-15)18-12-19(20-6-3-11-31-20)28(27-18)21(29)13-32-23(30)22-16-4-1-2-5-17(16)25-26-22/h1-11,19H,12-13H2,(H,25,26). The van der Waals surface area contributed by atoms with Crippen molar-refractivity contribution in [3.63, 3.8) is 0 Å². The zero-order chi connectivity index (χ0) is 22.1. The van der Waals surface area contributed by atoms with Crippen LogP contribution in [0.3, 0.4) is 0 Å². The van der Waals surface area contributed by atoms with Gasteiger partial charge in [-0.1, -0.05) is 41.9 Å². The van der Waals surface area contributed by atoms with Crippen molar-refractivity contribution in [3.8, 4) is 0 Å². The Morgan fingerprint density at radius 2 is 1.94 bits per heavy atom. The number of hydrazone groups is 1. The van der Waals surface area contributed by atoms with Crippen molar-refractivity contribution in [2.75, 3.05) is 6.61 Å². The van der Waals surface area contributed by atoms with E-state index in [1.807, 2.05) is 18.2 Å². The van der Waals surface area contributed by atoms with E-state index in [0.717, 1.165) is 5.56 Å². The van der Waals surface area contributed by atoms with Crippen LogP contribution in [0.1, 0.15) is 34.3 Å². The maximum Gasteiger partial charge on any atom is 0.359 e. The topological polar surface area (TPSA) is 101 Å². The van der Waals surface area contributed by atoms with Crippen LogP contribution in [0.2, 0.25) is 5.02 Å². The number of rotatable bonds is 5. The quantitative estimate of drug-likeness (QED) is 0.457. The summed E-state index contributed by atoms with van der Waals surface area (Å²) >= 11 is 5.98. The number of para-hydroxylation sites is 1. The van der Waals surface area contributed by atoms with Crippen LogP contribution < -0.4 is 0 Å². The number of aromatic nitrogens is 2. The molecule has 0 radical (unpaired) electrons. The van der Waals surface area contributed by atoms with Crippen LogP contribution in [0.5, 0.6) is 0 Å². The number of ether oxygens (including phenoxy) is 1. The summed E-state index contributed by atoms with van der Waals surface area (Å²) in [5, 5.41) is 13.8. The lowest BCUT2D eigenvalue weighted by molar-refractivity contribution is -0.136. The third-order valence-electron chi connectivity index (χ3n) is 5.21. The highest BCUT2D eigenvalue weighted by atomic mass is 35.5. The van der Waals surface area contributed by atoms with Crippen molar-refractivity contribution in [2.45, 2.75) is 12.5 Å². The Balaban J connectivity index is 1.35. The van der Waals surface area contributed by atoms with E-state index in [9.17, 15) is 9.59 Å². The molecule has 0 aliphatic carbocycles. The molecule has 160 valence electrons. The molecule has 32 heavy (non-hydrogen) atoms. The van der Waals surface area contributed by atoms with E-state index in [1.165, 1.54) is 5.01 Å². The maximum atomic E-state index is 13.0. The number of hydrogen-bond donors (Lipinski definition) is 1. The zero-order valence-corrected chi connectivity index (χ0v) is 17.5. The summed E-state index contributed by atoms with van der Waals surface area (Å²) in [7, 11) is 0. The third-order valence-corrected chi connectivity index (χ3v) is 5.46. The van der Waals surface area contributed by atoms with Crippen molar-refractivity contribution in [1.82, 2.24) is 15.2 Å². The van der Waals surface area contributed by atoms with Gasteiger partial charge in [0, 0.05) is 16.8 Å². The van der Waals surface area contributed by atoms with Crippen LogP contribution in [0.4, 0.5) is 0 Å². The molecule has 1 aliphatic heterocycles. The number of H-pyrrole nitrogens is 1. The lowest BCUT2D eigenvalue weighted by Crippen LogP contribution is -2.31. The fourth-order valence-electron chi connectivity index (χ4n) is 3.64. The highest BCUT2D eigenvalue weighted by Gasteiger charge is 2.35. The number of halogens is 1. The SMILES string of the molecule is O=C(OCC(=O)N1N=C(c2ccc(Cl)cc2)CC1c1ccco1)c1n[nH]c2ccccc12. The number of fused-ring (bicyclic) bond motifs is 1. The van der Waals surface area contributed by atoms with Crippen molar-refractivity contribution in [1.29, 1.82) is 0 Å². The van der Waals surface area contributed by atoms with E-state index in [1.54, 1.807) is 48.7 Å². The molecule has 1 unspecified atom stereocenters.